The lowest BCUT2D eigenvalue weighted by Gasteiger charge is -2.11. The molecule has 4 aromatic rings. The Morgan fingerprint density at radius 3 is 2.53 bits per heavy atom. The van der Waals surface area contributed by atoms with Gasteiger partial charge in [-0.25, -0.2) is 9.97 Å². The topological polar surface area (TPSA) is 54.9 Å². The van der Waals surface area contributed by atoms with Gasteiger partial charge in [0.15, 0.2) is 0 Å². The summed E-state index contributed by atoms with van der Waals surface area (Å²) in [4.78, 5) is 21.2. The third-order valence-electron chi connectivity index (χ3n) is 4.43. The van der Waals surface area contributed by atoms with Crippen LogP contribution in [0.1, 0.15) is 15.9 Å². The zero-order valence-electron chi connectivity index (χ0n) is 15.2. The molecule has 4 nitrogen and oxygen atoms in total. The average Bonchev–Trinajstić information content (AvgIpc) is 2.72. The molecule has 2 heterocycles. The second-order valence-electron chi connectivity index (χ2n) is 6.47. The van der Waals surface area contributed by atoms with E-state index in [1.165, 1.54) is 18.3 Å². The van der Waals surface area contributed by atoms with Gasteiger partial charge in [-0.05, 0) is 36.4 Å². The number of nitrogens with zero attached hydrogens (tertiary/aromatic N) is 2. The third kappa shape index (κ3) is 4.11. The number of anilines is 1. The predicted molar refractivity (Wildman–Crippen MR) is 109 cm³/mol. The summed E-state index contributed by atoms with van der Waals surface area (Å²) in [6, 6.07) is 16.5. The molecule has 0 radical (unpaired) electrons. The number of aromatic nitrogens is 2. The molecule has 4 rings (SSSR count). The van der Waals surface area contributed by atoms with Gasteiger partial charge in [0.05, 0.1) is 22.3 Å². The molecule has 0 aliphatic rings. The van der Waals surface area contributed by atoms with E-state index in [0.717, 1.165) is 12.1 Å². The minimum absolute atomic E-state index is 0.232. The molecule has 0 atom stereocenters. The number of carbonyl (C=O) groups is 1. The fourth-order valence-electron chi connectivity index (χ4n) is 3.02. The lowest BCUT2D eigenvalue weighted by atomic mass is 10.0. The average molecular weight is 428 g/mol. The fourth-order valence-corrected chi connectivity index (χ4v) is 3.20. The molecule has 8 heteroatoms. The van der Waals surface area contributed by atoms with Gasteiger partial charge in [0.25, 0.3) is 5.91 Å². The van der Waals surface area contributed by atoms with Gasteiger partial charge in [0.1, 0.15) is 5.15 Å². The number of alkyl halides is 3. The fraction of sp³-hybridized carbons (Fsp3) is 0.0455. The van der Waals surface area contributed by atoms with Gasteiger partial charge in [-0.1, -0.05) is 41.9 Å². The molecule has 0 bridgehead atoms. The largest absolute Gasteiger partial charge is 0.416 e. The molecular weight excluding hydrogens is 415 g/mol. The van der Waals surface area contributed by atoms with Crippen LogP contribution in [0.3, 0.4) is 0 Å². The molecule has 2 aromatic heterocycles. The molecule has 0 aliphatic heterocycles. The quantitative estimate of drug-likeness (QED) is 0.395. The van der Waals surface area contributed by atoms with Crippen molar-refractivity contribution in [3.05, 3.63) is 89.2 Å². The highest BCUT2D eigenvalue weighted by Crippen LogP contribution is 2.32. The molecule has 2 aromatic carbocycles. The molecule has 150 valence electrons. The van der Waals surface area contributed by atoms with E-state index in [0.29, 0.717) is 27.8 Å². The summed E-state index contributed by atoms with van der Waals surface area (Å²) in [7, 11) is 0. The maximum absolute atomic E-state index is 13.1. The van der Waals surface area contributed by atoms with Crippen molar-refractivity contribution in [2.75, 3.05) is 5.32 Å². The number of pyridine rings is 2. The van der Waals surface area contributed by atoms with Gasteiger partial charge in [-0.2, -0.15) is 13.2 Å². The number of para-hydroxylation sites is 1. The maximum Gasteiger partial charge on any atom is 0.416 e. The van der Waals surface area contributed by atoms with Crippen LogP contribution in [0.2, 0.25) is 5.15 Å². The normalized spacial score (nSPS) is 11.5. The van der Waals surface area contributed by atoms with E-state index in [4.69, 9.17) is 11.6 Å². The van der Waals surface area contributed by atoms with Gasteiger partial charge in [0, 0.05) is 22.8 Å². The van der Waals surface area contributed by atoms with Crippen molar-refractivity contribution < 1.29 is 18.0 Å². The van der Waals surface area contributed by atoms with E-state index in [-0.39, 0.29) is 10.7 Å². The van der Waals surface area contributed by atoms with Crippen LogP contribution in [0.4, 0.5) is 18.9 Å². The summed E-state index contributed by atoms with van der Waals surface area (Å²) >= 11 is 5.85. The number of halogens is 4. The summed E-state index contributed by atoms with van der Waals surface area (Å²) in [6.07, 6.45) is -2.99. The van der Waals surface area contributed by atoms with E-state index >= 15 is 0 Å². The summed E-state index contributed by atoms with van der Waals surface area (Å²) in [6.45, 7) is 0. The molecular formula is C22H13ClF3N3O. The van der Waals surface area contributed by atoms with E-state index < -0.39 is 17.6 Å². The number of rotatable bonds is 3. The van der Waals surface area contributed by atoms with Crippen LogP contribution in [-0.2, 0) is 6.18 Å². The van der Waals surface area contributed by atoms with Crippen molar-refractivity contribution in [3.63, 3.8) is 0 Å². The van der Waals surface area contributed by atoms with Gasteiger partial charge >= 0.3 is 6.18 Å². The number of hydrogen-bond acceptors (Lipinski definition) is 3. The third-order valence-corrected chi connectivity index (χ3v) is 4.64. The van der Waals surface area contributed by atoms with Crippen LogP contribution in [0, 0.1) is 0 Å². The molecule has 0 saturated heterocycles. The first kappa shape index (κ1) is 19.8. The van der Waals surface area contributed by atoms with Gasteiger partial charge in [-0.3, -0.25) is 4.79 Å². The molecule has 0 saturated carbocycles. The molecule has 1 N–H and O–H groups in total. The van der Waals surface area contributed by atoms with Gasteiger partial charge < -0.3 is 5.32 Å². The van der Waals surface area contributed by atoms with Crippen LogP contribution >= 0.6 is 11.6 Å². The van der Waals surface area contributed by atoms with E-state index in [1.54, 1.807) is 42.5 Å². The number of benzene rings is 2. The van der Waals surface area contributed by atoms with Crippen molar-refractivity contribution in [2.45, 2.75) is 6.18 Å². The number of carbonyl (C=O) groups excluding carboxylic acids is 1. The lowest BCUT2D eigenvalue weighted by molar-refractivity contribution is -0.137. The standard InChI is InChI=1S/C22H13ClF3N3O/c23-19-12-16(9-10-27-19)28-21(30)17-6-2-3-13-7-8-18(29-20(13)17)14-4-1-5-15(11-14)22(24,25)26/h1-12H,(H,27,28,30). The molecule has 0 spiro atoms. The first-order valence-corrected chi connectivity index (χ1v) is 9.19. The molecule has 0 unspecified atom stereocenters. The first-order valence-electron chi connectivity index (χ1n) is 8.81. The number of hydrogen-bond donors (Lipinski definition) is 1. The highest BCUT2D eigenvalue weighted by atomic mass is 35.5. The van der Waals surface area contributed by atoms with E-state index in [9.17, 15) is 18.0 Å². The predicted octanol–water partition coefficient (Wildman–Crippen LogP) is 6.22. The smallest absolute Gasteiger partial charge is 0.322 e. The Labute approximate surface area is 174 Å². The van der Waals surface area contributed by atoms with E-state index in [1.807, 2.05) is 0 Å². The highest BCUT2D eigenvalue weighted by Gasteiger charge is 2.30. The lowest BCUT2D eigenvalue weighted by Crippen LogP contribution is -2.13. The molecule has 30 heavy (non-hydrogen) atoms. The Balaban J connectivity index is 1.75. The minimum Gasteiger partial charge on any atom is -0.322 e. The zero-order valence-corrected chi connectivity index (χ0v) is 16.0. The van der Waals surface area contributed by atoms with Crippen molar-refractivity contribution >= 4 is 34.1 Å². The number of nitrogens with one attached hydrogen (secondary N) is 1. The van der Waals surface area contributed by atoms with Crippen LogP contribution in [0.25, 0.3) is 22.2 Å². The Morgan fingerprint density at radius 1 is 0.967 bits per heavy atom. The summed E-state index contributed by atoms with van der Waals surface area (Å²) < 4.78 is 39.2. The molecule has 0 aliphatic carbocycles. The minimum atomic E-state index is -4.45. The second kappa shape index (κ2) is 7.76. The number of fused-ring (bicyclic) bond motifs is 1. The van der Waals surface area contributed by atoms with Crippen molar-refractivity contribution in [3.8, 4) is 11.3 Å². The first-order chi connectivity index (χ1) is 14.3. The van der Waals surface area contributed by atoms with Crippen LogP contribution in [0.15, 0.2) is 72.9 Å². The van der Waals surface area contributed by atoms with Crippen LogP contribution in [-0.4, -0.2) is 15.9 Å². The highest BCUT2D eigenvalue weighted by molar-refractivity contribution is 6.29. The Bertz CT molecular complexity index is 1260. The summed E-state index contributed by atoms with van der Waals surface area (Å²) in [5, 5.41) is 3.65. The van der Waals surface area contributed by atoms with Crippen molar-refractivity contribution in [1.82, 2.24) is 9.97 Å². The zero-order chi connectivity index (χ0) is 21.3. The molecule has 1 amide bonds. The van der Waals surface area contributed by atoms with Gasteiger partial charge in [0.2, 0.25) is 0 Å². The Kier molecular flexibility index (Phi) is 5.13. The van der Waals surface area contributed by atoms with Crippen molar-refractivity contribution in [2.24, 2.45) is 0 Å². The second-order valence-corrected chi connectivity index (χ2v) is 6.86. The number of amides is 1. The Morgan fingerprint density at radius 2 is 1.77 bits per heavy atom. The van der Waals surface area contributed by atoms with Crippen molar-refractivity contribution in [1.29, 1.82) is 0 Å². The van der Waals surface area contributed by atoms with Crippen LogP contribution < -0.4 is 5.32 Å². The Hall–Kier alpha value is -3.45. The van der Waals surface area contributed by atoms with E-state index in [2.05, 4.69) is 15.3 Å². The van der Waals surface area contributed by atoms with Gasteiger partial charge in [-0.15, -0.1) is 0 Å². The summed E-state index contributed by atoms with van der Waals surface area (Å²) in [5.74, 6) is -0.420. The van der Waals surface area contributed by atoms with Crippen LogP contribution in [0.5, 0.6) is 0 Å². The maximum atomic E-state index is 13.1. The monoisotopic (exact) mass is 427 g/mol. The molecule has 0 fully saturated rings. The summed E-state index contributed by atoms with van der Waals surface area (Å²) in [5.41, 5.74) is 1.01. The SMILES string of the molecule is O=C(Nc1ccnc(Cl)c1)c1cccc2ccc(-c3cccc(C(F)(F)F)c3)nc12.